The zero-order chi connectivity index (χ0) is 19.1. The number of pyridine rings is 1. The van der Waals surface area contributed by atoms with Crippen LogP contribution in [0.15, 0.2) is 95.0 Å². The van der Waals surface area contributed by atoms with Crippen LogP contribution in [0.2, 0.25) is 0 Å². The summed E-state index contributed by atoms with van der Waals surface area (Å²) in [5, 5.41) is 3.53. The summed E-state index contributed by atoms with van der Waals surface area (Å²) in [5.41, 5.74) is 5.70. The predicted molar refractivity (Wildman–Crippen MR) is 118 cm³/mol. The topological polar surface area (TPSA) is 17.3 Å². The molecule has 0 saturated heterocycles. The molecule has 2 aromatic heterocycles. The molecule has 0 bridgehead atoms. The second kappa shape index (κ2) is 6.84. The van der Waals surface area contributed by atoms with Gasteiger partial charge in [0.25, 0.3) is 0 Å². The minimum absolute atomic E-state index is 1.00. The molecular weight excluding hydrogens is 360 g/mol. The van der Waals surface area contributed by atoms with Gasteiger partial charge in [-0.2, -0.15) is 0 Å². The van der Waals surface area contributed by atoms with Crippen molar-refractivity contribution in [3.63, 3.8) is 0 Å². The van der Waals surface area contributed by atoms with Crippen LogP contribution in [-0.4, -0.2) is 9.38 Å². The van der Waals surface area contributed by atoms with Crippen molar-refractivity contribution in [1.82, 2.24) is 9.38 Å². The molecule has 5 rings (SSSR count). The lowest BCUT2D eigenvalue weighted by atomic mass is 10.1. The van der Waals surface area contributed by atoms with Gasteiger partial charge in [0.1, 0.15) is 16.4 Å². The fourth-order valence-corrected chi connectivity index (χ4v) is 4.46. The number of nitrogens with zero attached hydrogens (tertiary/aromatic N) is 2. The van der Waals surface area contributed by atoms with Gasteiger partial charge in [0.15, 0.2) is 0 Å². The van der Waals surface area contributed by atoms with Gasteiger partial charge in [-0.1, -0.05) is 83.6 Å². The number of hydrogen-bond donors (Lipinski definition) is 0. The standard InChI is InChI=1S/C25H20N2S/c1-17-7-11-20(12-8-17)23-25(28-21-13-9-18(2)10-14-21)27-16-15-19-5-3-4-6-22(19)24(27)26-23/h3-16H,1-2H3. The molecule has 2 nitrogen and oxygen atoms in total. The molecule has 5 aromatic rings. The molecule has 0 atom stereocenters. The third-order valence-electron chi connectivity index (χ3n) is 5.03. The van der Waals surface area contributed by atoms with E-state index in [1.807, 2.05) is 0 Å². The first-order chi connectivity index (χ1) is 13.7. The van der Waals surface area contributed by atoms with Gasteiger partial charge in [-0.15, -0.1) is 0 Å². The Labute approximate surface area is 168 Å². The number of aryl methyl sites for hydroxylation is 2. The minimum atomic E-state index is 1.00. The maximum Gasteiger partial charge on any atom is 0.146 e. The van der Waals surface area contributed by atoms with Gasteiger partial charge in [-0.05, 0) is 37.4 Å². The predicted octanol–water partition coefficient (Wildman–Crippen LogP) is 6.92. The molecule has 0 spiro atoms. The molecule has 0 N–H and O–H groups in total. The first-order valence-corrected chi connectivity index (χ1v) is 10.2. The molecular formula is C25H20N2S. The molecule has 3 heteroatoms. The summed E-state index contributed by atoms with van der Waals surface area (Å²) in [6, 6.07) is 27.9. The minimum Gasteiger partial charge on any atom is -0.293 e. The Morgan fingerprint density at radius 3 is 2.18 bits per heavy atom. The number of rotatable bonds is 3. The molecule has 28 heavy (non-hydrogen) atoms. The lowest BCUT2D eigenvalue weighted by Gasteiger charge is -2.07. The summed E-state index contributed by atoms with van der Waals surface area (Å²) < 4.78 is 2.22. The van der Waals surface area contributed by atoms with E-state index in [0.717, 1.165) is 21.9 Å². The molecule has 2 heterocycles. The monoisotopic (exact) mass is 380 g/mol. The molecule has 0 radical (unpaired) electrons. The van der Waals surface area contributed by atoms with Crippen LogP contribution in [0.4, 0.5) is 0 Å². The Kier molecular flexibility index (Phi) is 4.18. The van der Waals surface area contributed by atoms with Gasteiger partial charge >= 0.3 is 0 Å². The molecule has 0 aliphatic carbocycles. The van der Waals surface area contributed by atoms with Crippen molar-refractivity contribution in [3.8, 4) is 11.3 Å². The molecule has 0 unspecified atom stereocenters. The number of benzene rings is 3. The van der Waals surface area contributed by atoms with Crippen LogP contribution >= 0.6 is 11.8 Å². The van der Waals surface area contributed by atoms with Crippen LogP contribution in [-0.2, 0) is 0 Å². The van der Waals surface area contributed by atoms with Crippen molar-refractivity contribution in [2.75, 3.05) is 0 Å². The second-order valence-corrected chi connectivity index (χ2v) is 8.21. The van der Waals surface area contributed by atoms with Crippen molar-refractivity contribution >= 4 is 28.2 Å². The Morgan fingerprint density at radius 1 is 0.750 bits per heavy atom. The van der Waals surface area contributed by atoms with Gasteiger partial charge in [-0.3, -0.25) is 4.40 Å². The van der Waals surface area contributed by atoms with Crippen molar-refractivity contribution in [1.29, 1.82) is 0 Å². The average Bonchev–Trinajstić information content (AvgIpc) is 3.09. The molecule has 0 saturated carbocycles. The smallest absolute Gasteiger partial charge is 0.146 e. The summed E-state index contributed by atoms with van der Waals surface area (Å²) in [4.78, 5) is 6.31. The lowest BCUT2D eigenvalue weighted by Crippen LogP contribution is -1.88. The third kappa shape index (κ3) is 2.98. The van der Waals surface area contributed by atoms with Crippen molar-refractivity contribution in [2.45, 2.75) is 23.8 Å². The molecule has 3 aromatic carbocycles. The first kappa shape index (κ1) is 17.1. The molecule has 0 aliphatic rings. The van der Waals surface area contributed by atoms with E-state index in [1.54, 1.807) is 11.8 Å². The highest BCUT2D eigenvalue weighted by Crippen LogP contribution is 2.38. The SMILES string of the molecule is Cc1ccc(Sc2c(-c3ccc(C)cc3)nc3c4ccccc4ccn23)cc1. The number of aromatic nitrogens is 2. The van der Waals surface area contributed by atoms with Gasteiger partial charge in [-0.25, -0.2) is 4.98 Å². The van der Waals surface area contributed by atoms with Crippen molar-refractivity contribution in [3.05, 3.63) is 96.2 Å². The van der Waals surface area contributed by atoms with Crippen LogP contribution in [0.3, 0.4) is 0 Å². The summed E-state index contributed by atoms with van der Waals surface area (Å²) in [6.45, 7) is 4.23. The molecule has 0 aliphatic heterocycles. The normalized spacial score (nSPS) is 11.4. The van der Waals surface area contributed by atoms with Crippen LogP contribution < -0.4 is 0 Å². The van der Waals surface area contributed by atoms with Gasteiger partial charge in [0, 0.05) is 22.0 Å². The number of hydrogen-bond acceptors (Lipinski definition) is 2. The van der Waals surface area contributed by atoms with E-state index in [9.17, 15) is 0 Å². The van der Waals surface area contributed by atoms with Crippen LogP contribution in [0.5, 0.6) is 0 Å². The highest BCUT2D eigenvalue weighted by molar-refractivity contribution is 7.99. The highest BCUT2D eigenvalue weighted by Gasteiger charge is 2.17. The van der Waals surface area contributed by atoms with E-state index >= 15 is 0 Å². The third-order valence-corrected chi connectivity index (χ3v) is 6.12. The van der Waals surface area contributed by atoms with Gasteiger partial charge in [0.2, 0.25) is 0 Å². The molecule has 0 fully saturated rings. The zero-order valence-corrected chi connectivity index (χ0v) is 16.7. The van der Waals surface area contributed by atoms with Crippen LogP contribution in [0, 0.1) is 13.8 Å². The fraction of sp³-hybridized carbons (Fsp3) is 0.0800. The van der Waals surface area contributed by atoms with E-state index in [0.29, 0.717) is 0 Å². The maximum absolute atomic E-state index is 5.10. The summed E-state index contributed by atoms with van der Waals surface area (Å²) >= 11 is 1.77. The van der Waals surface area contributed by atoms with Gasteiger partial charge in [0.05, 0.1) is 0 Å². The Morgan fingerprint density at radius 2 is 1.43 bits per heavy atom. The van der Waals surface area contributed by atoms with E-state index < -0.39 is 0 Å². The van der Waals surface area contributed by atoms with E-state index in [4.69, 9.17) is 4.98 Å². The van der Waals surface area contributed by atoms with E-state index in [1.165, 1.54) is 26.8 Å². The zero-order valence-electron chi connectivity index (χ0n) is 15.9. The quantitative estimate of drug-likeness (QED) is 0.338. The number of fused-ring (bicyclic) bond motifs is 3. The van der Waals surface area contributed by atoms with Gasteiger partial charge < -0.3 is 0 Å². The first-order valence-electron chi connectivity index (χ1n) is 9.40. The van der Waals surface area contributed by atoms with Crippen LogP contribution in [0.1, 0.15) is 11.1 Å². The van der Waals surface area contributed by atoms with E-state index in [2.05, 4.69) is 103 Å². The van der Waals surface area contributed by atoms with Crippen molar-refractivity contribution < 1.29 is 0 Å². The summed E-state index contributed by atoms with van der Waals surface area (Å²) in [6.07, 6.45) is 2.14. The molecule has 136 valence electrons. The number of imidazole rings is 1. The second-order valence-electron chi connectivity index (χ2n) is 7.14. The Hall–Kier alpha value is -3.04. The Bertz CT molecular complexity index is 1280. The fourth-order valence-electron chi connectivity index (χ4n) is 3.46. The Balaban J connectivity index is 1.76. The highest BCUT2D eigenvalue weighted by atomic mass is 32.2. The average molecular weight is 381 g/mol. The van der Waals surface area contributed by atoms with Crippen molar-refractivity contribution in [2.24, 2.45) is 0 Å². The summed E-state index contributed by atoms with van der Waals surface area (Å²) in [5.74, 6) is 0. The lowest BCUT2D eigenvalue weighted by molar-refractivity contribution is 1.06. The summed E-state index contributed by atoms with van der Waals surface area (Å²) in [7, 11) is 0. The molecule has 0 amide bonds. The van der Waals surface area contributed by atoms with Crippen LogP contribution in [0.25, 0.3) is 27.7 Å². The maximum atomic E-state index is 5.10. The largest absolute Gasteiger partial charge is 0.293 e. The van der Waals surface area contributed by atoms with E-state index in [-0.39, 0.29) is 0 Å².